The van der Waals surface area contributed by atoms with Crippen LogP contribution in [-0.2, 0) is 4.79 Å². The Hall–Kier alpha value is -2.04. The topological polar surface area (TPSA) is 64.6 Å². The number of nitrogens with one attached hydrogen (secondary N) is 1. The Balaban J connectivity index is 1.86. The fourth-order valence-electron chi connectivity index (χ4n) is 1.65. The lowest BCUT2D eigenvalue weighted by Gasteiger charge is -2.11. The number of amides is 1. The number of ether oxygens (including phenoxy) is 2. The number of methoxy groups -OCH3 is 1. The normalized spacial score (nSPS) is 13.7. The summed E-state index contributed by atoms with van der Waals surface area (Å²) in [6.07, 6.45) is 3.12. The molecular weight excluding hydrogens is 246 g/mol. The van der Waals surface area contributed by atoms with Crippen molar-refractivity contribution in [2.75, 3.05) is 20.3 Å². The predicted molar refractivity (Wildman–Crippen MR) is 69.6 cm³/mol. The summed E-state index contributed by atoms with van der Waals surface area (Å²) < 4.78 is 10.5. The summed E-state index contributed by atoms with van der Waals surface area (Å²) in [4.78, 5) is 22.2. The Morgan fingerprint density at radius 2 is 2.21 bits per heavy atom. The van der Waals surface area contributed by atoms with Gasteiger partial charge in [0.1, 0.15) is 6.29 Å². The second-order valence-corrected chi connectivity index (χ2v) is 4.56. The van der Waals surface area contributed by atoms with Gasteiger partial charge in [-0.25, -0.2) is 0 Å². The van der Waals surface area contributed by atoms with E-state index in [2.05, 4.69) is 5.32 Å². The largest absolute Gasteiger partial charge is 0.493 e. The summed E-state index contributed by atoms with van der Waals surface area (Å²) in [5.41, 5.74) is 0.502. The molecule has 5 heteroatoms. The van der Waals surface area contributed by atoms with E-state index in [9.17, 15) is 9.59 Å². The van der Waals surface area contributed by atoms with Crippen molar-refractivity contribution in [3.05, 3.63) is 23.8 Å². The Kier molecular flexibility index (Phi) is 4.39. The number of carbonyl (C=O) groups is 2. The number of carbonyl (C=O) groups excluding carboxylic acids is 2. The number of rotatable bonds is 7. The van der Waals surface area contributed by atoms with Crippen molar-refractivity contribution in [3.8, 4) is 11.5 Å². The molecule has 0 bridgehead atoms. The molecule has 0 heterocycles. The highest BCUT2D eigenvalue weighted by Crippen LogP contribution is 2.28. The maximum atomic E-state index is 11.5. The zero-order chi connectivity index (χ0) is 13.7. The number of hydrogen-bond acceptors (Lipinski definition) is 4. The summed E-state index contributed by atoms with van der Waals surface area (Å²) in [5.74, 6) is 1.40. The average Bonchev–Trinajstić information content (AvgIpc) is 3.26. The first-order valence-corrected chi connectivity index (χ1v) is 6.25. The summed E-state index contributed by atoms with van der Waals surface area (Å²) >= 11 is 0. The Morgan fingerprint density at radius 3 is 2.84 bits per heavy atom. The van der Waals surface area contributed by atoms with Gasteiger partial charge in [-0.1, -0.05) is 0 Å². The van der Waals surface area contributed by atoms with Gasteiger partial charge in [0, 0.05) is 12.1 Å². The van der Waals surface area contributed by atoms with Crippen LogP contribution in [0.4, 0.5) is 0 Å². The highest BCUT2D eigenvalue weighted by atomic mass is 16.5. The van der Waals surface area contributed by atoms with Gasteiger partial charge < -0.3 is 14.8 Å². The molecular formula is C14H17NO4. The van der Waals surface area contributed by atoms with Crippen molar-refractivity contribution in [3.63, 3.8) is 0 Å². The summed E-state index contributed by atoms with van der Waals surface area (Å²) in [6, 6.07) is 4.81. The van der Waals surface area contributed by atoms with Gasteiger partial charge in [0.05, 0.1) is 7.11 Å². The first-order chi connectivity index (χ1) is 9.22. The van der Waals surface area contributed by atoms with Crippen LogP contribution in [0.25, 0.3) is 0 Å². The first kappa shape index (κ1) is 13.4. The lowest BCUT2D eigenvalue weighted by Crippen LogP contribution is -2.30. The SMILES string of the molecule is COc1cc(C=O)ccc1OCC(=O)NCC1CC1. The summed E-state index contributed by atoms with van der Waals surface area (Å²) in [6.45, 7) is 0.674. The average molecular weight is 263 g/mol. The zero-order valence-corrected chi connectivity index (χ0v) is 10.8. The first-order valence-electron chi connectivity index (χ1n) is 6.25. The second-order valence-electron chi connectivity index (χ2n) is 4.56. The van der Waals surface area contributed by atoms with Crippen LogP contribution in [-0.4, -0.2) is 32.5 Å². The molecule has 0 aromatic heterocycles. The van der Waals surface area contributed by atoms with E-state index in [-0.39, 0.29) is 12.5 Å². The van der Waals surface area contributed by atoms with E-state index in [1.165, 1.54) is 20.0 Å². The Morgan fingerprint density at radius 1 is 1.42 bits per heavy atom. The van der Waals surface area contributed by atoms with Crippen LogP contribution in [0.3, 0.4) is 0 Å². The maximum Gasteiger partial charge on any atom is 0.257 e. The monoisotopic (exact) mass is 263 g/mol. The van der Waals surface area contributed by atoms with Crippen LogP contribution < -0.4 is 14.8 Å². The van der Waals surface area contributed by atoms with Crippen molar-refractivity contribution in [2.45, 2.75) is 12.8 Å². The molecule has 19 heavy (non-hydrogen) atoms. The molecule has 0 aliphatic heterocycles. The molecule has 2 rings (SSSR count). The van der Waals surface area contributed by atoms with Crippen LogP contribution in [0.15, 0.2) is 18.2 Å². The Bertz CT molecular complexity index is 469. The van der Waals surface area contributed by atoms with Crippen molar-refractivity contribution in [2.24, 2.45) is 5.92 Å². The van der Waals surface area contributed by atoms with Crippen molar-refractivity contribution >= 4 is 12.2 Å². The minimum Gasteiger partial charge on any atom is -0.493 e. The number of aldehydes is 1. The minimum atomic E-state index is -0.145. The van der Waals surface area contributed by atoms with Gasteiger partial charge in [-0.3, -0.25) is 9.59 Å². The molecule has 0 unspecified atom stereocenters. The van der Waals surface area contributed by atoms with Crippen molar-refractivity contribution < 1.29 is 19.1 Å². The van der Waals surface area contributed by atoms with E-state index in [4.69, 9.17) is 9.47 Å². The van der Waals surface area contributed by atoms with Crippen LogP contribution in [0.5, 0.6) is 11.5 Å². The lowest BCUT2D eigenvalue weighted by atomic mass is 10.2. The molecule has 0 spiro atoms. The van der Waals surface area contributed by atoms with Crippen LogP contribution in [0, 0.1) is 5.92 Å². The second kappa shape index (κ2) is 6.22. The van der Waals surface area contributed by atoms with Gasteiger partial charge in [-0.05, 0) is 37.0 Å². The molecule has 1 aromatic rings. The van der Waals surface area contributed by atoms with Crippen LogP contribution >= 0.6 is 0 Å². The molecule has 1 aliphatic rings. The number of hydrogen-bond donors (Lipinski definition) is 1. The molecule has 0 radical (unpaired) electrons. The van der Waals surface area contributed by atoms with E-state index in [1.54, 1.807) is 18.2 Å². The quantitative estimate of drug-likeness (QED) is 0.755. The highest BCUT2D eigenvalue weighted by molar-refractivity contribution is 5.78. The fraction of sp³-hybridized carbons (Fsp3) is 0.429. The summed E-state index contributed by atoms with van der Waals surface area (Å²) in [5, 5.41) is 2.81. The van der Waals surface area contributed by atoms with Gasteiger partial charge in [0.25, 0.3) is 5.91 Å². The van der Waals surface area contributed by atoms with Gasteiger partial charge in [0.2, 0.25) is 0 Å². The smallest absolute Gasteiger partial charge is 0.257 e. The predicted octanol–water partition coefficient (Wildman–Crippen LogP) is 1.41. The number of benzene rings is 1. The van der Waals surface area contributed by atoms with Crippen molar-refractivity contribution in [1.29, 1.82) is 0 Å². The molecule has 0 atom stereocenters. The van der Waals surface area contributed by atoms with Crippen LogP contribution in [0.1, 0.15) is 23.2 Å². The molecule has 1 aromatic carbocycles. The van der Waals surface area contributed by atoms with E-state index in [0.29, 0.717) is 23.0 Å². The third-order valence-electron chi connectivity index (χ3n) is 2.97. The molecule has 1 fully saturated rings. The lowest BCUT2D eigenvalue weighted by molar-refractivity contribution is -0.123. The van der Waals surface area contributed by atoms with Crippen LogP contribution in [0.2, 0.25) is 0 Å². The van der Waals surface area contributed by atoms with Gasteiger partial charge in [-0.2, -0.15) is 0 Å². The van der Waals surface area contributed by atoms with Crippen molar-refractivity contribution in [1.82, 2.24) is 5.32 Å². The minimum absolute atomic E-state index is 0.0521. The zero-order valence-electron chi connectivity index (χ0n) is 10.8. The highest BCUT2D eigenvalue weighted by Gasteiger charge is 2.21. The standard InChI is InChI=1S/C14H17NO4/c1-18-13-6-11(8-16)4-5-12(13)19-9-14(17)15-7-10-2-3-10/h4-6,8,10H,2-3,7,9H2,1H3,(H,15,17). The van der Waals surface area contributed by atoms with E-state index < -0.39 is 0 Å². The van der Waals surface area contributed by atoms with E-state index in [0.717, 1.165) is 12.8 Å². The molecule has 1 amide bonds. The molecule has 1 aliphatic carbocycles. The molecule has 1 N–H and O–H groups in total. The van der Waals surface area contributed by atoms with Gasteiger partial charge >= 0.3 is 0 Å². The molecule has 0 saturated heterocycles. The molecule has 5 nitrogen and oxygen atoms in total. The van der Waals surface area contributed by atoms with Gasteiger partial charge in [0.15, 0.2) is 18.1 Å². The van der Waals surface area contributed by atoms with E-state index >= 15 is 0 Å². The van der Waals surface area contributed by atoms with Gasteiger partial charge in [-0.15, -0.1) is 0 Å². The maximum absolute atomic E-state index is 11.5. The molecule has 102 valence electrons. The summed E-state index contributed by atoms with van der Waals surface area (Å²) in [7, 11) is 1.49. The van der Waals surface area contributed by atoms with E-state index in [1.807, 2.05) is 0 Å². The fourth-order valence-corrected chi connectivity index (χ4v) is 1.65. The Labute approximate surface area is 111 Å². The third kappa shape index (κ3) is 3.98. The third-order valence-corrected chi connectivity index (χ3v) is 2.97. The molecule has 1 saturated carbocycles.